The smallest absolute Gasteiger partial charge is 0.0473 e. The number of hydrogen-bond donors (Lipinski definition) is 2. The van der Waals surface area contributed by atoms with Crippen LogP contribution in [0.4, 0.5) is 0 Å². The number of halogens is 1. The van der Waals surface area contributed by atoms with Crippen LogP contribution in [0.3, 0.4) is 0 Å². The van der Waals surface area contributed by atoms with Gasteiger partial charge < -0.3 is 10.3 Å². The Hall–Kier alpha value is -0.990. The molecule has 0 spiro atoms. The molecule has 2 aromatic rings. The second-order valence-electron chi connectivity index (χ2n) is 4.37. The molecule has 2 N–H and O–H groups in total. The number of hydrogen-bond acceptors (Lipinski definition) is 1. The van der Waals surface area contributed by atoms with E-state index in [9.17, 15) is 0 Å². The number of H-pyrrole nitrogens is 1. The first-order chi connectivity index (χ1) is 7.79. The zero-order valence-electron chi connectivity index (χ0n) is 9.31. The van der Waals surface area contributed by atoms with Crippen LogP contribution in [0.1, 0.15) is 30.6 Å². The van der Waals surface area contributed by atoms with Crippen molar-refractivity contribution in [1.29, 1.82) is 0 Å². The molecule has 0 fully saturated rings. The van der Waals surface area contributed by atoms with Crippen molar-refractivity contribution in [3.63, 3.8) is 0 Å². The third-order valence-electron chi connectivity index (χ3n) is 3.42. The van der Waals surface area contributed by atoms with Crippen molar-refractivity contribution in [3.05, 3.63) is 34.5 Å². The highest BCUT2D eigenvalue weighted by Crippen LogP contribution is 2.32. The van der Waals surface area contributed by atoms with Gasteiger partial charge in [-0.05, 0) is 43.1 Å². The maximum absolute atomic E-state index is 6.06. The molecule has 16 heavy (non-hydrogen) atoms. The van der Waals surface area contributed by atoms with Gasteiger partial charge in [0.15, 0.2) is 0 Å². The molecule has 3 rings (SSSR count). The predicted molar refractivity (Wildman–Crippen MR) is 68.0 cm³/mol. The highest BCUT2D eigenvalue weighted by Gasteiger charge is 2.22. The number of aromatic amines is 1. The summed E-state index contributed by atoms with van der Waals surface area (Å²) in [5, 5.41) is 5.65. The first-order valence-corrected chi connectivity index (χ1v) is 6.20. The van der Waals surface area contributed by atoms with Crippen LogP contribution in [-0.2, 0) is 6.42 Å². The Kier molecular flexibility index (Phi) is 2.41. The van der Waals surface area contributed by atoms with Gasteiger partial charge in [-0.3, -0.25) is 0 Å². The summed E-state index contributed by atoms with van der Waals surface area (Å²) in [4.78, 5) is 3.52. The van der Waals surface area contributed by atoms with Crippen molar-refractivity contribution >= 4 is 22.5 Å². The summed E-state index contributed by atoms with van der Waals surface area (Å²) < 4.78 is 0. The molecular formula is C13H15ClN2. The summed E-state index contributed by atoms with van der Waals surface area (Å²) in [5.41, 5.74) is 4.01. The lowest BCUT2D eigenvalue weighted by Gasteiger charge is -2.22. The fraction of sp³-hybridized carbons (Fsp3) is 0.385. The molecule has 0 aliphatic carbocycles. The molecule has 2 heterocycles. The molecule has 0 amide bonds. The van der Waals surface area contributed by atoms with E-state index in [1.54, 1.807) is 0 Å². The third kappa shape index (κ3) is 1.45. The SMILES string of the molecule is CCC1NCCc2c1[nH]c1ccc(Cl)cc21. The lowest BCUT2D eigenvalue weighted by Crippen LogP contribution is -2.29. The Morgan fingerprint density at radius 2 is 2.31 bits per heavy atom. The van der Waals surface area contributed by atoms with E-state index in [0.717, 1.165) is 24.4 Å². The Morgan fingerprint density at radius 1 is 1.44 bits per heavy atom. The van der Waals surface area contributed by atoms with Crippen LogP contribution in [0.25, 0.3) is 10.9 Å². The molecule has 1 atom stereocenters. The molecule has 0 saturated carbocycles. The second kappa shape index (κ2) is 3.79. The normalized spacial score (nSPS) is 20.0. The van der Waals surface area contributed by atoms with Gasteiger partial charge in [0.2, 0.25) is 0 Å². The maximum Gasteiger partial charge on any atom is 0.0473 e. The Labute approximate surface area is 100.0 Å². The third-order valence-corrected chi connectivity index (χ3v) is 3.66. The van der Waals surface area contributed by atoms with Gasteiger partial charge in [0.1, 0.15) is 0 Å². The van der Waals surface area contributed by atoms with Gasteiger partial charge in [-0.2, -0.15) is 0 Å². The zero-order valence-corrected chi connectivity index (χ0v) is 10.1. The summed E-state index contributed by atoms with van der Waals surface area (Å²) >= 11 is 6.06. The molecule has 1 aliphatic rings. The highest BCUT2D eigenvalue weighted by atomic mass is 35.5. The Bertz CT molecular complexity index is 530. The number of fused-ring (bicyclic) bond motifs is 3. The Morgan fingerprint density at radius 3 is 3.12 bits per heavy atom. The monoisotopic (exact) mass is 234 g/mol. The van der Waals surface area contributed by atoms with Crippen LogP contribution in [0, 0.1) is 0 Å². The highest BCUT2D eigenvalue weighted by molar-refractivity contribution is 6.31. The van der Waals surface area contributed by atoms with Crippen LogP contribution >= 0.6 is 11.6 Å². The van der Waals surface area contributed by atoms with Crippen LogP contribution in [0.2, 0.25) is 5.02 Å². The molecular weight excluding hydrogens is 220 g/mol. The van der Waals surface area contributed by atoms with Gasteiger partial charge in [-0.15, -0.1) is 0 Å². The molecule has 0 bridgehead atoms. The Balaban J connectivity index is 2.24. The van der Waals surface area contributed by atoms with E-state index < -0.39 is 0 Å². The molecule has 3 heteroatoms. The van der Waals surface area contributed by atoms with Crippen LogP contribution < -0.4 is 5.32 Å². The summed E-state index contributed by atoms with van der Waals surface area (Å²) in [5.74, 6) is 0. The maximum atomic E-state index is 6.06. The van der Waals surface area contributed by atoms with Crippen molar-refractivity contribution < 1.29 is 0 Å². The van der Waals surface area contributed by atoms with Crippen LogP contribution in [-0.4, -0.2) is 11.5 Å². The molecule has 0 radical (unpaired) electrons. The van der Waals surface area contributed by atoms with E-state index >= 15 is 0 Å². The van der Waals surface area contributed by atoms with Gasteiger partial charge in [-0.25, -0.2) is 0 Å². The first kappa shape index (κ1) is 10.2. The fourth-order valence-electron chi connectivity index (χ4n) is 2.63. The lowest BCUT2D eigenvalue weighted by molar-refractivity contribution is 0.485. The van der Waals surface area contributed by atoms with Gasteiger partial charge in [0.25, 0.3) is 0 Å². The minimum absolute atomic E-state index is 0.468. The molecule has 1 unspecified atom stereocenters. The molecule has 1 aliphatic heterocycles. The van der Waals surface area contributed by atoms with E-state index in [1.165, 1.54) is 22.2 Å². The van der Waals surface area contributed by atoms with Gasteiger partial charge in [-0.1, -0.05) is 18.5 Å². The first-order valence-electron chi connectivity index (χ1n) is 5.83. The molecule has 0 saturated heterocycles. The average molecular weight is 235 g/mol. The number of aromatic nitrogens is 1. The molecule has 1 aromatic heterocycles. The minimum Gasteiger partial charge on any atom is -0.357 e. The molecule has 2 nitrogen and oxygen atoms in total. The summed E-state index contributed by atoms with van der Waals surface area (Å²) in [6.07, 6.45) is 2.21. The van der Waals surface area contributed by atoms with E-state index in [1.807, 2.05) is 6.07 Å². The zero-order chi connectivity index (χ0) is 11.1. The molecule has 1 aromatic carbocycles. The van der Waals surface area contributed by atoms with Gasteiger partial charge in [0, 0.05) is 27.7 Å². The van der Waals surface area contributed by atoms with Crippen LogP contribution in [0.15, 0.2) is 18.2 Å². The van der Waals surface area contributed by atoms with E-state index in [-0.39, 0.29) is 0 Å². The van der Waals surface area contributed by atoms with E-state index in [2.05, 4.69) is 29.4 Å². The number of rotatable bonds is 1. The van der Waals surface area contributed by atoms with Crippen molar-refractivity contribution in [2.24, 2.45) is 0 Å². The predicted octanol–water partition coefficient (Wildman–Crippen LogP) is 3.42. The van der Waals surface area contributed by atoms with Crippen molar-refractivity contribution in [2.75, 3.05) is 6.54 Å². The summed E-state index contributed by atoms with van der Waals surface area (Å²) in [7, 11) is 0. The quantitative estimate of drug-likeness (QED) is 0.778. The molecule has 84 valence electrons. The number of benzene rings is 1. The second-order valence-corrected chi connectivity index (χ2v) is 4.81. The lowest BCUT2D eigenvalue weighted by atomic mass is 9.98. The largest absolute Gasteiger partial charge is 0.357 e. The topological polar surface area (TPSA) is 27.8 Å². The summed E-state index contributed by atoms with van der Waals surface area (Å²) in [6, 6.07) is 6.56. The average Bonchev–Trinajstić information content (AvgIpc) is 2.67. The number of nitrogens with one attached hydrogen (secondary N) is 2. The van der Waals surface area contributed by atoms with E-state index in [0.29, 0.717) is 6.04 Å². The van der Waals surface area contributed by atoms with Crippen LogP contribution in [0.5, 0.6) is 0 Å². The standard InChI is InChI=1S/C13H15ClN2/c1-2-11-13-9(5-6-15-11)10-7-8(14)3-4-12(10)16-13/h3-4,7,11,15-16H,2,5-6H2,1H3. The van der Waals surface area contributed by atoms with Crippen molar-refractivity contribution in [1.82, 2.24) is 10.3 Å². The minimum atomic E-state index is 0.468. The van der Waals surface area contributed by atoms with Gasteiger partial charge in [0.05, 0.1) is 0 Å². The van der Waals surface area contributed by atoms with Gasteiger partial charge >= 0.3 is 0 Å². The van der Waals surface area contributed by atoms with E-state index in [4.69, 9.17) is 11.6 Å². The summed E-state index contributed by atoms with van der Waals surface area (Å²) in [6.45, 7) is 3.27. The fourth-order valence-corrected chi connectivity index (χ4v) is 2.80. The van der Waals surface area contributed by atoms with Crippen molar-refractivity contribution in [2.45, 2.75) is 25.8 Å². The van der Waals surface area contributed by atoms with Crippen molar-refractivity contribution in [3.8, 4) is 0 Å².